The zero-order valence-electron chi connectivity index (χ0n) is 12.6. The normalized spacial score (nSPS) is 21.2. The van der Waals surface area contributed by atoms with Gasteiger partial charge in [0.1, 0.15) is 5.75 Å². The van der Waals surface area contributed by atoms with Crippen LogP contribution in [0, 0.1) is 0 Å². The Bertz CT molecular complexity index is 517. The number of benzene rings is 1. The summed E-state index contributed by atoms with van der Waals surface area (Å²) in [5, 5.41) is 9.08. The SMILES string of the molecule is O=C(C1CN(CCCO)c2ccccc2O1)N1CCOCC1. The Morgan fingerprint density at radius 3 is 2.82 bits per heavy atom. The van der Waals surface area contributed by atoms with Gasteiger partial charge in [0.2, 0.25) is 0 Å². The van der Waals surface area contributed by atoms with Gasteiger partial charge in [-0.05, 0) is 18.6 Å². The molecule has 2 heterocycles. The van der Waals surface area contributed by atoms with Crippen LogP contribution in [0.2, 0.25) is 0 Å². The van der Waals surface area contributed by atoms with Crippen LogP contribution in [-0.4, -0.2) is 68.0 Å². The van der Waals surface area contributed by atoms with E-state index in [-0.39, 0.29) is 12.5 Å². The van der Waals surface area contributed by atoms with Gasteiger partial charge < -0.3 is 24.4 Å². The molecule has 120 valence electrons. The van der Waals surface area contributed by atoms with Crippen LogP contribution >= 0.6 is 0 Å². The predicted molar refractivity (Wildman–Crippen MR) is 82.2 cm³/mol. The highest BCUT2D eigenvalue weighted by molar-refractivity contribution is 5.83. The number of amides is 1. The molecule has 2 aliphatic heterocycles. The van der Waals surface area contributed by atoms with Gasteiger partial charge in [0.15, 0.2) is 6.10 Å². The van der Waals surface area contributed by atoms with E-state index in [1.165, 1.54) is 0 Å². The molecule has 1 aromatic rings. The molecule has 0 saturated carbocycles. The molecule has 1 amide bonds. The van der Waals surface area contributed by atoms with Crippen molar-refractivity contribution in [2.24, 2.45) is 0 Å². The third-order valence-corrected chi connectivity index (χ3v) is 4.05. The molecule has 0 aromatic heterocycles. The largest absolute Gasteiger partial charge is 0.477 e. The number of hydrogen-bond donors (Lipinski definition) is 1. The summed E-state index contributed by atoms with van der Waals surface area (Å²) in [6, 6.07) is 7.74. The standard InChI is InChI=1S/C16H22N2O4/c19-9-3-6-18-12-15(16(20)17-7-10-21-11-8-17)22-14-5-2-1-4-13(14)18/h1-2,4-5,15,19H,3,6-12H2. The number of nitrogens with zero attached hydrogens (tertiary/aromatic N) is 2. The average molecular weight is 306 g/mol. The Balaban J connectivity index is 1.75. The summed E-state index contributed by atoms with van der Waals surface area (Å²) in [6.07, 6.45) is 0.180. The first kappa shape index (κ1) is 15.1. The van der Waals surface area contributed by atoms with Crippen LogP contribution in [0.1, 0.15) is 6.42 Å². The van der Waals surface area contributed by atoms with E-state index in [0.29, 0.717) is 45.8 Å². The maximum atomic E-state index is 12.7. The number of carbonyl (C=O) groups excluding carboxylic acids is 1. The van der Waals surface area contributed by atoms with Crippen molar-refractivity contribution in [1.29, 1.82) is 0 Å². The highest BCUT2D eigenvalue weighted by Crippen LogP contribution is 2.33. The summed E-state index contributed by atoms with van der Waals surface area (Å²) in [5.74, 6) is 0.755. The zero-order chi connectivity index (χ0) is 15.4. The lowest BCUT2D eigenvalue weighted by Crippen LogP contribution is -2.53. The fraction of sp³-hybridized carbons (Fsp3) is 0.562. The molecule has 6 nitrogen and oxygen atoms in total. The highest BCUT2D eigenvalue weighted by Gasteiger charge is 2.33. The van der Waals surface area contributed by atoms with E-state index in [2.05, 4.69) is 4.90 Å². The van der Waals surface area contributed by atoms with Gasteiger partial charge in [0.05, 0.1) is 25.4 Å². The number of fused-ring (bicyclic) bond motifs is 1. The number of aliphatic hydroxyl groups excluding tert-OH is 1. The molecule has 22 heavy (non-hydrogen) atoms. The van der Waals surface area contributed by atoms with Crippen LogP contribution in [0.5, 0.6) is 5.75 Å². The lowest BCUT2D eigenvalue weighted by molar-refractivity contribution is -0.142. The topological polar surface area (TPSA) is 62.2 Å². The molecule has 0 radical (unpaired) electrons. The molecule has 6 heteroatoms. The van der Waals surface area contributed by atoms with Gasteiger partial charge in [-0.2, -0.15) is 0 Å². The lowest BCUT2D eigenvalue weighted by atomic mass is 10.1. The molecule has 0 aliphatic carbocycles. The summed E-state index contributed by atoms with van der Waals surface area (Å²) in [6.45, 7) is 3.79. The predicted octanol–water partition coefficient (Wildman–Crippen LogP) is 0.495. The second-order valence-corrected chi connectivity index (χ2v) is 5.54. The number of rotatable bonds is 4. The van der Waals surface area contributed by atoms with Gasteiger partial charge in [-0.3, -0.25) is 4.79 Å². The highest BCUT2D eigenvalue weighted by atomic mass is 16.5. The fourth-order valence-electron chi connectivity index (χ4n) is 2.90. The summed E-state index contributed by atoms with van der Waals surface area (Å²) >= 11 is 0. The Kier molecular flexibility index (Phi) is 4.80. The minimum atomic E-state index is -0.494. The minimum Gasteiger partial charge on any atom is -0.477 e. The molecule has 1 N–H and O–H groups in total. The maximum absolute atomic E-state index is 12.7. The first-order valence-corrected chi connectivity index (χ1v) is 7.77. The van der Waals surface area contributed by atoms with E-state index in [9.17, 15) is 4.79 Å². The van der Waals surface area contributed by atoms with Crippen molar-refractivity contribution in [2.75, 3.05) is 50.9 Å². The molecular weight excluding hydrogens is 284 g/mol. The molecular formula is C16H22N2O4. The van der Waals surface area contributed by atoms with Gasteiger partial charge in [0, 0.05) is 26.2 Å². The smallest absolute Gasteiger partial charge is 0.265 e. The van der Waals surface area contributed by atoms with Crippen LogP contribution in [0.4, 0.5) is 5.69 Å². The van der Waals surface area contributed by atoms with Gasteiger partial charge >= 0.3 is 0 Å². The van der Waals surface area contributed by atoms with E-state index in [4.69, 9.17) is 14.6 Å². The zero-order valence-corrected chi connectivity index (χ0v) is 12.6. The van der Waals surface area contributed by atoms with Crippen molar-refractivity contribution in [3.8, 4) is 5.75 Å². The van der Waals surface area contributed by atoms with Crippen LogP contribution in [0.25, 0.3) is 0 Å². The van der Waals surface area contributed by atoms with E-state index >= 15 is 0 Å². The second kappa shape index (κ2) is 6.98. The van der Waals surface area contributed by atoms with E-state index < -0.39 is 6.10 Å². The minimum absolute atomic E-state index is 0.0202. The fourth-order valence-corrected chi connectivity index (χ4v) is 2.90. The molecule has 3 rings (SSSR count). The third kappa shape index (κ3) is 3.18. The Morgan fingerprint density at radius 2 is 2.05 bits per heavy atom. The summed E-state index contributed by atoms with van der Waals surface area (Å²) < 4.78 is 11.2. The molecule has 1 unspecified atom stereocenters. The quantitative estimate of drug-likeness (QED) is 0.877. The number of carbonyl (C=O) groups is 1. The Hall–Kier alpha value is -1.79. The first-order chi connectivity index (χ1) is 10.8. The van der Waals surface area contributed by atoms with Gasteiger partial charge in [0.25, 0.3) is 5.91 Å². The molecule has 1 atom stereocenters. The number of para-hydroxylation sites is 2. The maximum Gasteiger partial charge on any atom is 0.265 e. The van der Waals surface area contributed by atoms with Crippen molar-refractivity contribution in [3.05, 3.63) is 24.3 Å². The molecule has 1 fully saturated rings. The molecule has 0 bridgehead atoms. The number of anilines is 1. The Labute approximate surface area is 130 Å². The first-order valence-electron chi connectivity index (χ1n) is 7.77. The number of ether oxygens (including phenoxy) is 2. The summed E-state index contributed by atoms with van der Waals surface area (Å²) in [5.41, 5.74) is 0.988. The molecule has 1 aromatic carbocycles. The molecule has 1 saturated heterocycles. The van der Waals surface area contributed by atoms with Crippen molar-refractivity contribution in [2.45, 2.75) is 12.5 Å². The van der Waals surface area contributed by atoms with Crippen LogP contribution in [0.3, 0.4) is 0 Å². The average Bonchev–Trinajstić information content (AvgIpc) is 2.59. The van der Waals surface area contributed by atoms with E-state index in [1.807, 2.05) is 29.2 Å². The number of hydrogen-bond acceptors (Lipinski definition) is 5. The van der Waals surface area contributed by atoms with Crippen molar-refractivity contribution >= 4 is 11.6 Å². The van der Waals surface area contributed by atoms with Crippen molar-refractivity contribution in [3.63, 3.8) is 0 Å². The number of morpholine rings is 1. The Morgan fingerprint density at radius 1 is 1.27 bits per heavy atom. The molecule has 0 spiro atoms. The van der Waals surface area contributed by atoms with Gasteiger partial charge in [-0.25, -0.2) is 0 Å². The number of aliphatic hydroxyl groups is 1. The van der Waals surface area contributed by atoms with Crippen LogP contribution in [0.15, 0.2) is 24.3 Å². The lowest BCUT2D eigenvalue weighted by Gasteiger charge is -2.38. The monoisotopic (exact) mass is 306 g/mol. The van der Waals surface area contributed by atoms with E-state index in [0.717, 1.165) is 11.4 Å². The van der Waals surface area contributed by atoms with Crippen LogP contribution < -0.4 is 9.64 Å². The summed E-state index contributed by atoms with van der Waals surface area (Å²) in [7, 11) is 0. The van der Waals surface area contributed by atoms with Crippen molar-refractivity contribution < 1.29 is 19.4 Å². The summed E-state index contributed by atoms with van der Waals surface area (Å²) in [4.78, 5) is 16.6. The van der Waals surface area contributed by atoms with Crippen LogP contribution in [-0.2, 0) is 9.53 Å². The van der Waals surface area contributed by atoms with Gasteiger partial charge in [-0.15, -0.1) is 0 Å². The van der Waals surface area contributed by atoms with Gasteiger partial charge in [-0.1, -0.05) is 12.1 Å². The second-order valence-electron chi connectivity index (χ2n) is 5.54. The third-order valence-electron chi connectivity index (χ3n) is 4.05. The van der Waals surface area contributed by atoms with E-state index in [1.54, 1.807) is 0 Å². The van der Waals surface area contributed by atoms with Crippen molar-refractivity contribution in [1.82, 2.24) is 4.90 Å². The molecule has 2 aliphatic rings.